The van der Waals surface area contributed by atoms with Gasteiger partial charge in [-0.05, 0) is 6.42 Å². The van der Waals surface area contributed by atoms with Gasteiger partial charge in [0.25, 0.3) is 0 Å². The molecule has 1 N–H and O–H groups in total. The van der Waals surface area contributed by atoms with Gasteiger partial charge in [0.1, 0.15) is 0 Å². The third kappa shape index (κ3) is 3.28. The van der Waals surface area contributed by atoms with Crippen molar-refractivity contribution in [1.82, 2.24) is 0 Å². The first kappa shape index (κ1) is 24.9. The third-order valence-corrected chi connectivity index (χ3v) is 3.11. The molecule has 0 fully saturated rings. The van der Waals surface area contributed by atoms with E-state index in [1.165, 1.54) is 0 Å². The topological polar surface area (TPSA) is 20.2 Å². The zero-order valence-corrected chi connectivity index (χ0v) is 11.7. The molecule has 0 aliphatic heterocycles. The van der Waals surface area contributed by atoms with Crippen LogP contribution in [0.3, 0.4) is 0 Å². The molecule has 0 aliphatic rings. The molecule has 0 aromatic carbocycles. The minimum Gasteiger partial charge on any atom is -0.396 e. The van der Waals surface area contributed by atoms with Gasteiger partial charge in [0.2, 0.25) is 0 Å². The number of aliphatic hydroxyl groups is 1. The van der Waals surface area contributed by atoms with Gasteiger partial charge >= 0.3 is 41.7 Å². The van der Waals surface area contributed by atoms with Gasteiger partial charge in [-0.3, -0.25) is 0 Å². The summed E-state index contributed by atoms with van der Waals surface area (Å²) in [5.41, 5.74) is -8.27. The van der Waals surface area contributed by atoms with Crippen molar-refractivity contribution in [3.8, 4) is 0 Å². The van der Waals surface area contributed by atoms with Crippen LogP contribution in [0, 0.1) is 0 Å². The van der Waals surface area contributed by atoms with Gasteiger partial charge in [-0.1, -0.05) is 0 Å². The second-order valence-corrected chi connectivity index (χ2v) is 4.91. The maximum absolute atomic E-state index is 13.2. The highest BCUT2D eigenvalue weighted by atomic mass is 19.4. The van der Waals surface area contributed by atoms with Crippen molar-refractivity contribution in [2.45, 2.75) is 54.6 Å². The van der Waals surface area contributed by atoms with Crippen LogP contribution in [-0.2, 0) is 0 Å². The Balaban J connectivity index is 6.55. The van der Waals surface area contributed by atoms with E-state index in [0.29, 0.717) is 0 Å². The molecule has 0 saturated heterocycles. The summed E-state index contributed by atoms with van der Waals surface area (Å²) >= 11 is 0. The zero-order valence-electron chi connectivity index (χ0n) is 11.7. The monoisotopic (exact) mass is 428 g/mol. The van der Waals surface area contributed by atoms with E-state index in [9.17, 15) is 65.9 Å². The Morgan fingerprint density at radius 1 is 0.500 bits per heavy atom. The summed E-state index contributed by atoms with van der Waals surface area (Å²) < 4.78 is 191. The van der Waals surface area contributed by atoms with Gasteiger partial charge in [-0.2, -0.15) is 61.5 Å². The Hall–Kier alpha value is -1.09. The van der Waals surface area contributed by atoms with Crippen LogP contribution in [0.5, 0.6) is 0 Å². The summed E-state index contributed by atoms with van der Waals surface area (Å²) in [5, 5.41) is 8.13. The lowest BCUT2D eigenvalue weighted by Gasteiger charge is -2.43. The van der Waals surface area contributed by atoms with E-state index in [-0.39, 0.29) is 0 Å². The smallest absolute Gasteiger partial charge is 0.396 e. The molecule has 0 radical (unpaired) electrons. The highest BCUT2D eigenvalue weighted by molar-refractivity contribution is 5.16. The zero-order chi connectivity index (χ0) is 21.6. The normalized spacial score (nSPS) is 16.2. The lowest BCUT2D eigenvalue weighted by Crippen LogP contribution is -2.75. The summed E-state index contributed by atoms with van der Waals surface area (Å²) in [6.07, 6.45) is -19.8. The van der Waals surface area contributed by atoms with E-state index in [1.54, 1.807) is 0 Å². The Kier molecular flexibility index (Phi) is 6.24. The molecule has 1 nitrogen and oxygen atoms in total. The maximum Gasteiger partial charge on any atom is 0.438 e. The Labute approximate surface area is 133 Å². The summed E-state index contributed by atoms with van der Waals surface area (Å²) in [7, 11) is 0. The average Bonchev–Trinajstić information content (AvgIpc) is 2.40. The van der Waals surface area contributed by atoms with Crippen LogP contribution in [0.25, 0.3) is 0 Å². The van der Waals surface area contributed by atoms with E-state index in [2.05, 4.69) is 0 Å². The van der Waals surface area contributed by atoms with Crippen molar-refractivity contribution in [1.29, 1.82) is 0 Å². The predicted octanol–water partition coefficient (Wildman–Crippen LogP) is 5.13. The van der Waals surface area contributed by atoms with Crippen LogP contribution in [0.1, 0.15) is 12.8 Å². The highest BCUT2D eigenvalue weighted by Crippen LogP contribution is 2.64. The number of hydrogen-bond donors (Lipinski definition) is 1. The molecule has 26 heavy (non-hydrogen) atoms. The van der Waals surface area contributed by atoms with E-state index in [1.807, 2.05) is 0 Å². The minimum atomic E-state index is -8.39. The molecular formula is C10H7F15O. The van der Waals surface area contributed by atoms with E-state index in [4.69, 9.17) is 5.11 Å². The molecule has 16 heteroatoms. The summed E-state index contributed by atoms with van der Waals surface area (Å²) in [6, 6.07) is 0. The van der Waals surface area contributed by atoms with Crippen molar-refractivity contribution < 1.29 is 71.0 Å². The molecule has 0 aliphatic carbocycles. The molecule has 0 rings (SSSR count). The Morgan fingerprint density at radius 2 is 0.846 bits per heavy atom. The SMILES string of the molecule is OCCCC(F)(F)C(F)(F)C(F)(F)C(F)(F)C(F)(C(F)(F)F)C(F)(F)F. The summed E-state index contributed by atoms with van der Waals surface area (Å²) in [5.74, 6) is -30.4. The van der Waals surface area contributed by atoms with Crippen LogP contribution in [-0.4, -0.2) is 53.4 Å². The number of hydrogen-bond acceptors (Lipinski definition) is 1. The van der Waals surface area contributed by atoms with Crippen molar-refractivity contribution in [3.63, 3.8) is 0 Å². The van der Waals surface area contributed by atoms with Crippen molar-refractivity contribution in [3.05, 3.63) is 0 Å². The minimum absolute atomic E-state index is 1.40. The number of aliphatic hydroxyl groups excluding tert-OH is 1. The van der Waals surface area contributed by atoms with E-state index >= 15 is 0 Å². The number of halogens is 15. The second kappa shape index (κ2) is 6.51. The number of rotatable bonds is 7. The predicted molar refractivity (Wildman–Crippen MR) is 52.1 cm³/mol. The van der Waals surface area contributed by atoms with Crippen LogP contribution in [0.15, 0.2) is 0 Å². The summed E-state index contributed by atoms with van der Waals surface area (Å²) in [4.78, 5) is 0. The molecule has 0 saturated carbocycles. The van der Waals surface area contributed by atoms with Crippen molar-refractivity contribution >= 4 is 0 Å². The van der Waals surface area contributed by atoms with Crippen LogP contribution >= 0.6 is 0 Å². The fourth-order valence-electron chi connectivity index (χ4n) is 1.62. The fraction of sp³-hybridized carbons (Fsp3) is 1.00. The van der Waals surface area contributed by atoms with Crippen LogP contribution in [0.4, 0.5) is 65.9 Å². The Morgan fingerprint density at radius 3 is 1.12 bits per heavy atom. The molecule has 0 bridgehead atoms. The fourth-order valence-corrected chi connectivity index (χ4v) is 1.62. The maximum atomic E-state index is 13.2. The Bertz CT molecular complexity index is 474. The lowest BCUT2D eigenvalue weighted by atomic mass is 9.85. The molecule has 0 unspecified atom stereocenters. The van der Waals surface area contributed by atoms with Gasteiger partial charge < -0.3 is 5.11 Å². The largest absolute Gasteiger partial charge is 0.438 e. The van der Waals surface area contributed by atoms with Crippen LogP contribution in [0.2, 0.25) is 0 Å². The van der Waals surface area contributed by atoms with E-state index < -0.39 is 61.2 Å². The molecule has 0 aromatic rings. The molecule has 0 amide bonds. The molecule has 0 heterocycles. The molecule has 0 atom stereocenters. The first-order chi connectivity index (χ1) is 11.1. The van der Waals surface area contributed by atoms with Crippen molar-refractivity contribution in [2.75, 3.05) is 6.61 Å². The average molecular weight is 428 g/mol. The second-order valence-electron chi connectivity index (χ2n) is 4.91. The molecule has 158 valence electrons. The third-order valence-electron chi connectivity index (χ3n) is 3.11. The molecule has 0 aromatic heterocycles. The quantitative estimate of drug-likeness (QED) is 0.558. The van der Waals surface area contributed by atoms with Gasteiger partial charge in [0, 0.05) is 13.0 Å². The molecule has 0 spiro atoms. The highest BCUT2D eigenvalue weighted by Gasteiger charge is 2.95. The van der Waals surface area contributed by atoms with Crippen LogP contribution < -0.4 is 0 Å². The first-order valence-electron chi connectivity index (χ1n) is 6.00. The first-order valence-corrected chi connectivity index (χ1v) is 6.00. The number of alkyl halides is 15. The van der Waals surface area contributed by atoms with E-state index in [0.717, 1.165) is 0 Å². The standard InChI is InChI=1S/C10H7F15O/c11-4(12,2-1-3-26)6(14,15)8(18,19)7(16,17)5(13,9(20,21)22)10(23,24)25/h26H,1-3H2. The van der Waals surface area contributed by atoms with Gasteiger partial charge in [-0.25, -0.2) is 4.39 Å². The van der Waals surface area contributed by atoms with Gasteiger partial charge in [0.15, 0.2) is 0 Å². The van der Waals surface area contributed by atoms with Crippen molar-refractivity contribution in [2.24, 2.45) is 0 Å². The summed E-state index contributed by atoms with van der Waals surface area (Å²) in [6.45, 7) is -1.40. The van der Waals surface area contributed by atoms with Gasteiger partial charge in [-0.15, -0.1) is 0 Å². The van der Waals surface area contributed by atoms with Gasteiger partial charge in [0.05, 0.1) is 0 Å². The lowest BCUT2D eigenvalue weighted by molar-refractivity contribution is -0.457. The molecular weight excluding hydrogens is 421 g/mol.